The molecule has 0 amide bonds. The van der Waals surface area contributed by atoms with E-state index in [1.165, 1.54) is 24.0 Å². The van der Waals surface area contributed by atoms with Gasteiger partial charge in [-0.1, -0.05) is 38.1 Å². The van der Waals surface area contributed by atoms with Crippen molar-refractivity contribution in [1.29, 1.82) is 0 Å². The number of nitrogens with one attached hydrogen (secondary N) is 1. The van der Waals surface area contributed by atoms with Crippen LogP contribution in [-0.4, -0.2) is 17.8 Å². The Labute approximate surface area is 110 Å². The largest absolute Gasteiger partial charge is 0.392 e. The lowest BCUT2D eigenvalue weighted by molar-refractivity contribution is 0.119. The Morgan fingerprint density at radius 2 is 1.94 bits per heavy atom. The van der Waals surface area contributed by atoms with Gasteiger partial charge in [0.2, 0.25) is 0 Å². The second kappa shape index (κ2) is 5.85. The average molecular weight is 247 g/mol. The molecule has 0 aromatic heterocycles. The molecule has 1 saturated carbocycles. The van der Waals surface area contributed by atoms with Gasteiger partial charge in [-0.3, -0.25) is 0 Å². The van der Waals surface area contributed by atoms with Crippen LogP contribution in [0.1, 0.15) is 43.9 Å². The predicted octanol–water partition coefficient (Wildman–Crippen LogP) is 3.05. The van der Waals surface area contributed by atoms with Crippen molar-refractivity contribution < 1.29 is 5.11 Å². The first-order valence-electron chi connectivity index (χ1n) is 7.06. The minimum atomic E-state index is -0.254. The van der Waals surface area contributed by atoms with Gasteiger partial charge < -0.3 is 10.4 Å². The smallest absolute Gasteiger partial charge is 0.0687 e. The number of benzene rings is 1. The number of aliphatic hydroxyl groups is 1. The van der Waals surface area contributed by atoms with Crippen molar-refractivity contribution in [1.82, 2.24) is 5.32 Å². The van der Waals surface area contributed by atoms with Crippen LogP contribution in [0.15, 0.2) is 24.3 Å². The average Bonchev–Trinajstić information content (AvgIpc) is 3.15. The van der Waals surface area contributed by atoms with Crippen molar-refractivity contribution in [3.05, 3.63) is 35.4 Å². The monoisotopic (exact) mass is 247 g/mol. The fourth-order valence-corrected chi connectivity index (χ4v) is 2.38. The van der Waals surface area contributed by atoms with Gasteiger partial charge >= 0.3 is 0 Å². The van der Waals surface area contributed by atoms with Crippen LogP contribution in [0, 0.1) is 18.8 Å². The van der Waals surface area contributed by atoms with Crippen molar-refractivity contribution in [3.63, 3.8) is 0 Å². The molecule has 0 bridgehead atoms. The lowest BCUT2D eigenvalue weighted by Gasteiger charge is -2.24. The summed E-state index contributed by atoms with van der Waals surface area (Å²) in [4.78, 5) is 0. The number of hydrogen-bond donors (Lipinski definition) is 2. The van der Waals surface area contributed by atoms with E-state index in [0.717, 1.165) is 5.92 Å². The van der Waals surface area contributed by atoms with Crippen LogP contribution in [0.3, 0.4) is 0 Å². The zero-order valence-electron chi connectivity index (χ0n) is 11.7. The van der Waals surface area contributed by atoms with Gasteiger partial charge in [-0.15, -0.1) is 0 Å². The zero-order valence-corrected chi connectivity index (χ0v) is 11.7. The van der Waals surface area contributed by atoms with Crippen molar-refractivity contribution in [2.45, 2.75) is 45.8 Å². The summed E-state index contributed by atoms with van der Waals surface area (Å²) in [5.74, 6) is 1.07. The predicted molar refractivity (Wildman–Crippen MR) is 75.5 cm³/mol. The molecule has 100 valence electrons. The van der Waals surface area contributed by atoms with E-state index >= 15 is 0 Å². The molecule has 18 heavy (non-hydrogen) atoms. The number of aliphatic hydroxyl groups excluding tert-OH is 1. The third-order valence-corrected chi connectivity index (χ3v) is 3.93. The summed E-state index contributed by atoms with van der Waals surface area (Å²) in [6, 6.07) is 9.00. The fourth-order valence-electron chi connectivity index (χ4n) is 2.38. The van der Waals surface area contributed by atoms with E-state index in [1.54, 1.807) is 0 Å². The van der Waals surface area contributed by atoms with Gasteiger partial charge in [0.25, 0.3) is 0 Å². The van der Waals surface area contributed by atoms with Crippen LogP contribution in [0.4, 0.5) is 0 Å². The molecule has 2 nitrogen and oxygen atoms in total. The van der Waals surface area contributed by atoms with E-state index in [9.17, 15) is 5.11 Å². The second-order valence-electron chi connectivity index (χ2n) is 5.89. The Hall–Kier alpha value is -0.860. The summed E-state index contributed by atoms with van der Waals surface area (Å²) >= 11 is 0. The highest BCUT2D eigenvalue weighted by atomic mass is 16.3. The number of rotatable bonds is 6. The van der Waals surface area contributed by atoms with E-state index in [1.807, 2.05) is 0 Å². The molecule has 2 rings (SSSR count). The molecule has 0 saturated heterocycles. The van der Waals surface area contributed by atoms with Crippen LogP contribution >= 0.6 is 0 Å². The maximum atomic E-state index is 9.93. The Morgan fingerprint density at radius 3 is 2.50 bits per heavy atom. The molecule has 2 atom stereocenters. The summed E-state index contributed by atoms with van der Waals surface area (Å²) in [7, 11) is 0. The summed E-state index contributed by atoms with van der Waals surface area (Å²) in [5, 5.41) is 13.5. The molecule has 1 aliphatic rings. The summed E-state index contributed by atoms with van der Waals surface area (Å²) < 4.78 is 0. The first-order valence-corrected chi connectivity index (χ1v) is 7.06. The maximum Gasteiger partial charge on any atom is 0.0687 e. The van der Waals surface area contributed by atoms with Gasteiger partial charge in [-0.2, -0.15) is 0 Å². The Kier molecular flexibility index (Phi) is 4.41. The fraction of sp³-hybridized carbons (Fsp3) is 0.625. The molecule has 1 aromatic rings. The SMILES string of the molecule is Cc1ccccc1C(NCC(O)C(C)C)C1CC1. The molecule has 1 fully saturated rings. The van der Waals surface area contributed by atoms with E-state index in [-0.39, 0.29) is 6.10 Å². The number of hydrogen-bond acceptors (Lipinski definition) is 2. The molecule has 1 aromatic carbocycles. The molecule has 0 radical (unpaired) electrons. The molecule has 0 aliphatic heterocycles. The van der Waals surface area contributed by atoms with Crippen LogP contribution in [-0.2, 0) is 0 Å². The zero-order chi connectivity index (χ0) is 13.1. The highest BCUT2D eigenvalue weighted by Crippen LogP contribution is 2.41. The van der Waals surface area contributed by atoms with Crippen LogP contribution in [0.25, 0.3) is 0 Å². The van der Waals surface area contributed by atoms with E-state index in [4.69, 9.17) is 0 Å². The molecular formula is C16H25NO. The van der Waals surface area contributed by atoms with Gasteiger partial charge in [-0.25, -0.2) is 0 Å². The summed E-state index contributed by atoms with van der Waals surface area (Å²) in [5.41, 5.74) is 2.75. The lowest BCUT2D eigenvalue weighted by atomic mass is 9.97. The van der Waals surface area contributed by atoms with Crippen molar-refractivity contribution in [2.24, 2.45) is 11.8 Å². The molecule has 1 aliphatic carbocycles. The quantitative estimate of drug-likeness (QED) is 0.810. The van der Waals surface area contributed by atoms with Crippen molar-refractivity contribution in [2.75, 3.05) is 6.54 Å². The Balaban J connectivity index is 2.03. The molecule has 2 heteroatoms. The van der Waals surface area contributed by atoms with E-state index < -0.39 is 0 Å². The first kappa shape index (κ1) is 13.6. The Morgan fingerprint density at radius 1 is 1.28 bits per heavy atom. The summed E-state index contributed by atoms with van der Waals surface area (Å²) in [6.45, 7) is 6.98. The standard InChI is InChI=1S/C16H25NO/c1-11(2)15(18)10-17-16(13-8-9-13)14-7-5-4-6-12(14)3/h4-7,11,13,15-18H,8-10H2,1-3H3. The highest BCUT2D eigenvalue weighted by molar-refractivity contribution is 5.30. The third-order valence-electron chi connectivity index (χ3n) is 3.93. The van der Waals surface area contributed by atoms with Crippen LogP contribution in [0.2, 0.25) is 0 Å². The minimum absolute atomic E-state index is 0.254. The van der Waals surface area contributed by atoms with Crippen LogP contribution in [0.5, 0.6) is 0 Å². The minimum Gasteiger partial charge on any atom is -0.392 e. The van der Waals surface area contributed by atoms with Gasteiger partial charge in [0.05, 0.1) is 6.10 Å². The van der Waals surface area contributed by atoms with Gasteiger partial charge in [0.15, 0.2) is 0 Å². The van der Waals surface area contributed by atoms with Crippen LogP contribution < -0.4 is 5.32 Å². The molecule has 0 heterocycles. The third kappa shape index (κ3) is 3.33. The molecule has 2 unspecified atom stereocenters. The molecular weight excluding hydrogens is 222 g/mol. The van der Waals surface area contributed by atoms with E-state index in [0.29, 0.717) is 18.5 Å². The second-order valence-corrected chi connectivity index (χ2v) is 5.89. The van der Waals surface area contributed by atoms with E-state index in [2.05, 4.69) is 50.4 Å². The van der Waals surface area contributed by atoms with Gasteiger partial charge in [-0.05, 0) is 42.7 Å². The summed E-state index contributed by atoms with van der Waals surface area (Å²) in [6.07, 6.45) is 2.36. The van der Waals surface area contributed by atoms with Gasteiger partial charge in [0.1, 0.15) is 0 Å². The molecule has 2 N–H and O–H groups in total. The van der Waals surface area contributed by atoms with Crippen molar-refractivity contribution in [3.8, 4) is 0 Å². The molecule has 0 spiro atoms. The van der Waals surface area contributed by atoms with Gasteiger partial charge in [0, 0.05) is 12.6 Å². The van der Waals surface area contributed by atoms with Crippen molar-refractivity contribution >= 4 is 0 Å². The lowest BCUT2D eigenvalue weighted by Crippen LogP contribution is -2.34. The number of aryl methyl sites for hydroxylation is 1. The maximum absolute atomic E-state index is 9.93. The highest BCUT2D eigenvalue weighted by Gasteiger charge is 2.33. The normalized spacial score (nSPS) is 18.9. The Bertz CT molecular complexity index is 384. The first-order chi connectivity index (χ1) is 8.59. The topological polar surface area (TPSA) is 32.3 Å².